The fourth-order valence-corrected chi connectivity index (χ4v) is 3.45. The fourth-order valence-electron chi connectivity index (χ4n) is 3.39. The zero-order valence-electron chi connectivity index (χ0n) is 21.9. The van der Waals surface area contributed by atoms with Crippen LogP contribution in [0.15, 0.2) is 82.6 Å². The van der Waals surface area contributed by atoms with Gasteiger partial charge in [0.1, 0.15) is 11.9 Å². The number of benzene rings is 1. The first kappa shape index (κ1) is 31.8. The number of hydrogen-bond acceptors (Lipinski definition) is 5. The van der Waals surface area contributed by atoms with Gasteiger partial charge in [0.05, 0.1) is 5.56 Å². The highest BCUT2D eigenvalue weighted by Crippen LogP contribution is 2.22. The number of aliphatic hydroxyl groups is 1. The number of aromatic carboxylic acids is 1. The van der Waals surface area contributed by atoms with Crippen molar-refractivity contribution in [2.75, 3.05) is 6.54 Å². The molecule has 1 aromatic carbocycles. The Hall–Kier alpha value is -3.24. The predicted molar refractivity (Wildman–Crippen MR) is 153 cm³/mol. The van der Waals surface area contributed by atoms with Crippen molar-refractivity contribution < 1.29 is 15.0 Å². The third kappa shape index (κ3) is 12.5. The van der Waals surface area contributed by atoms with Gasteiger partial charge in [-0.25, -0.2) is 4.79 Å². The van der Waals surface area contributed by atoms with Gasteiger partial charge in [-0.15, -0.1) is 4.91 Å². The number of aliphatic hydroxyl groups excluding tert-OH is 1. The van der Waals surface area contributed by atoms with Crippen molar-refractivity contribution in [1.29, 1.82) is 0 Å². The summed E-state index contributed by atoms with van der Waals surface area (Å²) in [5.74, 6) is 4.83. The number of carboxylic acids is 1. The van der Waals surface area contributed by atoms with E-state index in [2.05, 4.69) is 30.5 Å². The highest BCUT2D eigenvalue weighted by Gasteiger charge is 2.17. The molecule has 1 rings (SSSR count). The molecular weight excluding hydrogens is 488 g/mol. The minimum absolute atomic E-state index is 0.114. The van der Waals surface area contributed by atoms with E-state index in [1.807, 2.05) is 37.0 Å². The molecule has 0 bridgehead atoms. The van der Waals surface area contributed by atoms with E-state index in [1.54, 1.807) is 24.3 Å². The predicted octanol–water partition coefficient (Wildman–Crippen LogP) is 7.63. The molecule has 0 aliphatic heterocycles. The molecule has 198 valence electrons. The van der Waals surface area contributed by atoms with Crippen LogP contribution >= 0.6 is 11.6 Å². The van der Waals surface area contributed by atoms with E-state index >= 15 is 0 Å². The van der Waals surface area contributed by atoms with Gasteiger partial charge in [0.25, 0.3) is 0 Å². The average Bonchev–Trinajstić information content (AvgIpc) is 2.90. The van der Waals surface area contributed by atoms with Crippen LogP contribution in [-0.2, 0) is 6.54 Å². The number of halogens is 1. The summed E-state index contributed by atoms with van der Waals surface area (Å²) in [6, 6.07) is 4.52. The largest absolute Gasteiger partial charge is 0.478 e. The highest BCUT2D eigenvalue weighted by atomic mass is 35.5. The molecule has 0 spiro atoms. The van der Waals surface area contributed by atoms with E-state index in [1.165, 1.54) is 12.1 Å². The third-order valence-electron chi connectivity index (χ3n) is 5.54. The maximum atomic E-state index is 11.5. The van der Waals surface area contributed by atoms with E-state index in [4.69, 9.17) is 11.6 Å². The molecule has 1 unspecified atom stereocenters. The van der Waals surface area contributed by atoms with Crippen LogP contribution in [-0.4, -0.2) is 33.9 Å². The summed E-state index contributed by atoms with van der Waals surface area (Å²) >= 11 is 5.95. The molecule has 6 nitrogen and oxygen atoms in total. The Bertz CT molecular complexity index is 1110. The summed E-state index contributed by atoms with van der Waals surface area (Å²) in [5.41, 5.74) is 1.85. The van der Waals surface area contributed by atoms with Gasteiger partial charge in [-0.3, -0.25) is 4.90 Å². The Labute approximate surface area is 225 Å². The molecule has 37 heavy (non-hydrogen) atoms. The van der Waals surface area contributed by atoms with E-state index in [-0.39, 0.29) is 11.3 Å². The van der Waals surface area contributed by atoms with Gasteiger partial charge in [-0.05, 0) is 55.3 Å². The van der Waals surface area contributed by atoms with Crippen molar-refractivity contribution in [3.63, 3.8) is 0 Å². The lowest BCUT2D eigenvalue weighted by molar-refractivity contribution is -0.000772. The molecule has 0 amide bonds. The second kappa shape index (κ2) is 18.1. The number of nitroso groups, excluding NO2 is 1. The molecule has 0 aliphatic carbocycles. The molecule has 0 heterocycles. The SMILES string of the molecule is C=C(C#CC(/C=C\CC(O)N(CCCCCC)Cc1ccc(N=O)c(C(=O)O)c1)=C/C)/C=C\C(Cl)=C/C. The molecular formula is C30H37ClN2O4. The summed E-state index contributed by atoms with van der Waals surface area (Å²) in [6.07, 6.45) is 14.6. The Morgan fingerprint density at radius 1 is 1.16 bits per heavy atom. The van der Waals surface area contributed by atoms with Crippen LogP contribution in [0.4, 0.5) is 5.69 Å². The first-order chi connectivity index (χ1) is 17.7. The minimum atomic E-state index is -1.21. The number of hydrogen-bond donors (Lipinski definition) is 2. The molecule has 0 aliphatic rings. The molecule has 0 aromatic heterocycles. The Balaban J connectivity index is 2.94. The van der Waals surface area contributed by atoms with Crippen LogP contribution in [0.1, 0.15) is 68.8 Å². The third-order valence-corrected chi connectivity index (χ3v) is 5.88. The lowest BCUT2D eigenvalue weighted by Gasteiger charge is -2.27. The summed E-state index contributed by atoms with van der Waals surface area (Å²) in [7, 11) is 0. The summed E-state index contributed by atoms with van der Waals surface area (Å²) in [6.45, 7) is 10.8. The van der Waals surface area contributed by atoms with Crippen LogP contribution in [0.5, 0.6) is 0 Å². The van der Waals surface area contributed by atoms with Crippen LogP contribution in [0, 0.1) is 16.7 Å². The zero-order chi connectivity index (χ0) is 27.6. The molecule has 0 saturated heterocycles. The van der Waals surface area contributed by atoms with Gasteiger partial charge >= 0.3 is 5.97 Å². The Morgan fingerprint density at radius 2 is 1.92 bits per heavy atom. The second-order valence-corrected chi connectivity index (χ2v) is 8.86. The second-order valence-electron chi connectivity index (χ2n) is 8.42. The summed E-state index contributed by atoms with van der Waals surface area (Å²) in [4.78, 5) is 24.3. The number of allylic oxidation sites excluding steroid dienone is 8. The van der Waals surface area contributed by atoms with Gasteiger partial charge in [0.15, 0.2) is 0 Å². The number of nitrogens with zero attached hydrogens (tertiary/aromatic N) is 2. The maximum Gasteiger partial charge on any atom is 0.338 e. The molecule has 1 atom stereocenters. The molecule has 0 radical (unpaired) electrons. The minimum Gasteiger partial charge on any atom is -0.478 e. The Morgan fingerprint density at radius 3 is 2.54 bits per heavy atom. The van der Waals surface area contributed by atoms with Crippen molar-refractivity contribution in [2.24, 2.45) is 5.18 Å². The monoisotopic (exact) mass is 524 g/mol. The smallest absolute Gasteiger partial charge is 0.338 e. The molecule has 1 aromatic rings. The van der Waals surface area contributed by atoms with Crippen LogP contribution < -0.4 is 0 Å². The zero-order valence-corrected chi connectivity index (χ0v) is 22.7. The van der Waals surface area contributed by atoms with Crippen molar-refractivity contribution in [3.8, 4) is 11.8 Å². The van der Waals surface area contributed by atoms with Crippen molar-refractivity contribution >= 4 is 23.3 Å². The molecule has 7 heteroatoms. The van der Waals surface area contributed by atoms with Crippen molar-refractivity contribution in [1.82, 2.24) is 4.90 Å². The first-order valence-corrected chi connectivity index (χ1v) is 12.8. The quantitative estimate of drug-likeness (QED) is 0.0808. The average molecular weight is 525 g/mol. The van der Waals surface area contributed by atoms with Gasteiger partial charge in [0.2, 0.25) is 0 Å². The lowest BCUT2D eigenvalue weighted by atomic mass is 10.1. The molecule has 0 saturated carbocycles. The lowest BCUT2D eigenvalue weighted by Crippen LogP contribution is -2.35. The van der Waals surface area contributed by atoms with E-state index in [0.29, 0.717) is 35.7 Å². The van der Waals surface area contributed by atoms with E-state index in [0.717, 1.165) is 31.3 Å². The fraction of sp³-hybridized carbons (Fsp3) is 0.367. The normalized spacial score (nSPS) is 13.1. The van der Waals surface area contributed by atoms with Gasteiger partial charge < -0.3 is 10.2 Å². The summed E-state index contributed by atoms with van der Waals surface area (Å²) < 4.78 is 0. The van der Waals surface area contributed by atoms with Crippen LogP contribution in [0.3, 0.4) is 0 Å². The van der Waals surface area contributed by atoms with Crippen molar-refractivity contribution in [3.05, 3.63) is 93.4 Å². The first-order valence-electron chi connectivity index (χ1n) is 12.4. The van der Waals surface area contributed by atoms with E-state index < -0.39 is 12.2 Å². The summed E-state index contributed by atoms with van der Waals surface area (Å²) in [5, 5.41) is 23.7. The van der Waals surface area contributed by atoms with Gasteiger partial charge in [-0.1, -0.05) is 86.6 Å². The van der Waals surface area contributed by atoms with Crippen LogP contribution in [0.2, 0.25) is 0 Å². The highest BCUT2D eigenvalue weighted by molar-refractivity contribution is 6.31. The van der Waals surface area contributed by atoms with E-state index in [9.17, 15) is 19.9 Å². The maximum absolute atomic E-state index is 11.5. The number of carbonyl (C=O) groups is 1. The van der Waals surface area contributed by atoms with Crippen LogP contribution in [0.25, 0.3) is 0 Å². The standard InChI is InChI=1S/C30H37ClN2O4/c1-5-8-9-10-20-33(22-25-17-19-28(32-37)27(21-25)30(35)36)29(34)13-11-12-24(6-2)16-14-23(4)15-18-26(31)7-3/h6-7,11-12,15,17-19,21,29,34H,4-5,8-10,13,20,22H2,1-3H3,(H,35,36)/b12-11-,18-15-,24-6+,26-7+. The number of rotatable bonds is 15. The number of carboxylic acid groups (broad SMARTS) is 1. The van der Waals surface area contributed by atoms with Crippen molar-refractivity contribution in [2.45, 2.75) is 65.6 Å². The Kier molecular flexibility index (Phi) is 15.5. The molecule has 2 N–H and O–H groups in total. The number of unbranched alkanes of at least 4 members (excludes halogenated alkanes) is 3. The van der Waals surface area contributed by atoms with Gasteiger partial charge in [-0.2, -0.15) is 0 Å². The van der Waals surface area contributed by atoms with Gasteiger partial charge in [0, 0.05) is 35.7 Å². The topological polar surface area (TPSA) is 90.2 Å². The molecule has 0 fully saturated rings.